The molecule has 0 spiro atoms. The lowest BCUT2D eigenvalue weighted by molar-refractivity contribution is 0.735. The summed E-state index contributed by atoms with van der Waals surface area (Å²) in [5.74, 6) is 2.03. The molecule has 0 saturated carbocycles. The second-order valence-electron chi connectivity index (χ2n) is 3.11. The van der Waals surface area contributed by atoms with Crippen LogP contribution in [0.25, 0.3) is 4.95 Å². The maximum atomic E-state index is 8.31. The topological polar surface area (TPSA) is 76.0 Å². The molecule has 0 aromatic carbocycles. The maximum absolute atomic E-state index is 8.31. The summed E-state index contributed by atoms with van der Waals surface area (Å²) in [5.41, 5.74) is 2.75. The second-order valence-corrected chi connectivity index (χ2v) is 4.33. The first-order chi connectivity index (χ1) is 8.41. The van der Waals surface area contributed by atoms with Gasteiger partial charge in [-0.2, -0.15) is 22.3 Å². The fourth-order valence-electron chi connectivity index (χ4n) is 0.913. The molecule has 0 radical (unpaired) electrons. The summed E-state index contributed by atoms with van der Waals surface area (Å²) in [7, 11) is 0. The average molecular weight is 252 g/mol. The number of thioether (sulfide) groups is 1. The molecule has 0 aliphatic rings. The van der Waals surface area contributed by atoms with Gasteiger partial charge in [0.1, 0.15) is 0 Å². The van der Waals surface area contributed by atoms with E-state index in [1.807, 2.05) is 17.8 Å². The van der Waals surface area contributed by atoms with E-state index in [2.05, 4.69) is 27.8 Å². The van der Waals surface area contributed by atoms with Crippen molar-refractivity contribution in [3.05, 3.63) is 4.95 Å². The van der Waals surface area contributed by atoms with Gasteiger partial charge in [-0.25, -0.2) is 0 Å². The molecule has 0 rings (SSSR count). The van der Waals surface area contributed by atoms with Gasteiger partial charge < -0.3 is 5.32 Å². The number of hydrogen-bond acceptors (Lipinski definition) is 5. The Kier molecular flexibility index (Phi) is 13.4. The standard InChI is InChI=1S/C11H18N5S/c12-4-1-6-14-9-11-17-10-3-8-16-15-7-2-5-13/h14-15H,1-3,6-7,9-11H2/q+1. The lowest BCUT2D eigenvalue weighted by Gasteiger charge is -1.99. The Bertz CT molecular complexity index is 307. The third-order valence-electron chi connectivity index (χ3n) is 1.70. The van der Waals surface area contributed by atoms with Gasteiger partial charge in [0.05, 0.1) is 36.5 Å². The molecule has 0 amide bonds. The molecule has 0 aliphatic carbocycles. The first kappa shape index (κ1) is 15.6. The van der Waals surface area contributed by atoms with E-state index >= 15 is 0 Å². The molecule has 0 unspecified atom stereocenters. The molecule has 2 N–H and O–H groups in total. The third kappa shape index (κ3) is 14.6. The lowest BCUT2D eigenvalue weighted by Crippen LogP contribution is -2.18. The summed E-state index contributed by atoms with van der Waals surface area (Å²) in [6, 6.07) is 6.99. The van der Waals surface area contributed by atoms with Crippen LogP contribution in [0.3, 0.4) is 0 Å². The first-order valence-corrected chi connectivity index (χ1v) is 6.75. The highest BCUT2D eigenvalue weighted by molar-refractivity contribution is 7.99. The minimum absolute atomic E-state index is 0.467. The number of hydrogen-bond donors (Lipinski definition) is 2. The van der Waals surface area contributed by atoms with E-state index in [1.165, 1.54) is 0 Å². The normalized spacial score (nSPS) is 8.59. The van der Waals surface area contributed by atoms with Crippen molar-refractivity contribution in [1.82, 2.24) is 10.7 Å². The molecule has 17 heavy (non-hydrogen) atoms. The molecule has 0 heterocycles. The number of nitriles is 2. The van der Waals surface area contributed by atoms with Crippen LogP contribution in [0.1, 0.15) is 19.3 Å². The summed E-state index contributed by atoms with van der Waals surface area (Å²) in [5, 5.41) is 19.8. The molecule has 6 heteroatoms. The van der Waals surface area contributed by atoms with Crippen molar-refractivity contribution in [2.75, 3.05) is 31.1 Å². The van der Waals surface area contributed by atoms with Crippen LogP contribution >= 0.6 is 11.8 Å². The highest BCUT2D eigenvalue weighted by atomic mass is 32.2. The Morgan fingerprint density at radius 3 is 2.47 bits per heavy atom. The second kappa shape index (κ2) is 14.6. The van der Waals surface area contributed by atoms with Gasteiger partial charge in [0.15, 0.2) is 0 Å². The molecule has 0 atom stereocenters. The fraction of sp³-hybridized carbons (Fsp3) is 0.727. The predicted molar refractivity (Wildman–Crippen MR) is 70.5 cm³/mol. The van der Waals surface area contributed by atoms with Gasteiger partial charge in [0.2, 0.25) is 0 Å². The third-order valence-corrected chi connectivity index (χ3v) is 2.69. The molecule has 0 aromatic rings. The smallest absolute Gasteiger partial charge is 0.315 e. The van der Waals surface area contributed by atoms with Crippen LogP contribution in [0.4, 0.5) is 0 Å². The van der Waals surface area contributed by atoms with E-state index in [1.54, 1.807) is 0 Å². The summed E-state index contributed by atoms with van der Waals surface area (Å²) in [6.07, 6.45) is 1.84. The Morgan fingerprint density at radius 2 is 1.71 bits per heavy atom. The molecule has 5 nitrogen and oxygen atoms in total. The van der Waals surface area contributed by atoms with E-state index in [-0.39, 0.29) is 0 Å². The number of nitrogens with zero attached hydrogens (tertiary/aromatic N) is 3. The van der Waals surface area contributed by atoms with Crippen LogP contribution in [0, 0.1) is 28.7 Å². The maximum Gasteiger partial charge on any atom is 0.319 e. The molecular weight excluding hydrogens is 234 g/mol. The average Bonchev–Trinajstić information content (AvgIpc) is 2.35. The van der Waals surface area contributed by atoms with Gasteiger partial charge >= 0.3 is 6.07 Å². The Hall–Kier alpha value is -1.42. The van der Waals surface area contributed by atoms with Gasteiger partial charge in [-0.05, 0) is 0 Å². The van der Waals surface area contributed by atoms with Crippen molar-refractivity contribution in [1.29, 1.82) is 10.5 Å². The van der Waals surface area contributed by atoms with Gasteiger partial charge in [-0.15, -0.1) is 0 Å². The zero-order valence-electron chi connectivity index (χ0n) is 9.91. The van der Waals surface area contributed by atoms with E-state index in [4.69, 9.17) is 10.5 Å². The van der Waals surface area contributed by atoms with Crippen LogP contribution in [0.5, 0.6) is 0 Å². The van der Waals surface area contributed by atoms with Crippen molar-refractivity contribution < 1.29 is 0 Å². The zero-order chi connectivity index (χ0) is 12.6. The van der Waals surface area contributed by atoms with Crippen molar-refractivity contribution in [2.45, 2.75) is 19.3 Å². The molecule has 0 aromatic heterocycles. The lowest BCUT2D eigenvalue weighted by atomic mass is 10.5. The van der Waals surface area contributed by atoms with E-state index in [0.717, 1.165) is 31.0 Å². The minimum atomic E-state index is 0.467. The van der Waals surface area contributed by atoms with E-state index in [9.17, 15) is 0 Å². The van der Waals surface area contributed by atoms with Crippen molar-refractivity contribution in [3.8, 4) is 18.2 Å². The SMILES string of the molecule is N#CCCNCCSCCC#[N+]NCCC#N. The van der Waals surface area contributed by atoms with Gasteiger partial charge in [-0.3, -0.25) is 0 Å². The number of nitrogens with one attached hydrogen (secondary N) is 2. The summed E-state index contributed by atoms with van der Waals surface area (Å²) < 4.78 is 0. The van der Waals surface area contributed by atoms with Gasteiger partial charge in [0.25, 0.3) is 0 Å². The van der Waals surface area contributed by atoms with Crippen LogP contribution in [0.15, 0.2) is 0 Å². The van der Waals surface area contributed by atoms with Crippen LogP contribution in [0.2, 0.25) is 0 Å². The largest absolute Gasteiger partial charge is 0.319 e. The van der Waals surface area contributed by atoms with Gasteiger partial charge in [-0.1, -0.05) is 5.43 Å². The first-order valence-electron chi connectivity index (χ1n) is 5.59. The van der Waals surface area contributed by atoms with E-state index < -0.39 is 0 Å². The van der Waals surface area contributed by atoms with Crippen molar-refractivity contribution in [3.63, 3.8) is 0 Å². The Morgan fingerprint density at radius 1 is 0.941 bits per heavy atom. The molecule has 92 valence electrons. The molecule has 0 saturated heterocycles. The van der Waals surface area contributed by atoms with Crippen LogP contribution in [-0.2, 0) is 0 Å². The number of rotatable bonds is 9. The zero-order valence-corrected chi connectivity index (χ0v) is 10.7. The summed E-state index contributed by atoms with van der Waals surface area (Å²) in [4.78, 5) is 3.85. The predicted octanol–water partition coefficient (Wildman–Crippen LogP) is 1.36. The Balaban J connectivity index is 3.08. The molecule has 0 fully saturated rings. The monoisotopic (exact) mass is 252 g/mol. The van der Waals surface area contributed by atoms with Crippen molar-refractivity contribution in [2.24, 2.45) is 0 Å². The fourth-order valence-corrected chi connectivity index (χ4v) is 1.64. The van der Waals surface area contributed by atoms with E-state index in [0.29, 0.717) is 19.4 Å². The van der Waals surface area contributed by atoms with Crippen LogP contribution in [-0.4, -0.2) is 31.1 Å². The highest BCUT2D eigenvalue weighted by Crippen LogP contribution is 1.99. The highest BCUT2D eigenvalue weighted by Gasteiger charge is 1.92. The van der Waals surface area contributed by atoms with Gasteiger partial charge in [0, 0.05) is 31.0 Å². The summed E-state index contributed by atoms with van der Waals surface area (Å²) in [6.45, 7) is 2.29. The van der Waals surface area contributed by atoms with Crippen LogP contribution < -0.4 is 10.7 Å². The molecular formula is C11H18N5S+. The minimum Gasteiger partial charge on any atom is -0.315 e. The van der Waals surface area contributed by atoms with Crippen molar-refractivity contribution >= 4 is 11.8 Å². The quantitative estimate of drug-likeness (QED) is 0.479. The molecule has 0 bridgehead atoms. The molecule has 0 aliphatic heterocycles. The summed E-state index contributed by atoms with van der Waals surface area (Å²) >= 11 is 1.83. The Labute approximate surface area is 107 Å².